The van der Waals surface area contributed by atoms with Gasteiger partial charge in [-0.15, -0.1) is 0 Å². The van der Waals surface area contributed by atoms with Gasteiger partial charge < -0.3 is 5.11 Å². The summed E-state index contributed by atoms with van der Waals surface area (Å²) in [7, 11) is 0. The second-order valence-corrected chi connectivity index (χ2v) is 4.74. The lowest BCUT2D eigenvalue weighted by molar-refractivity contribution is 0.130. The summed E-state index contributed by atoms with van der Waals surface area (Å²) < 4.78 is 39.6. The predicted molar refractivity (Wildman–Crippen MR) is 64.2 cm³/mol. The Kier molecular flexibility index (Phi) is 2.82. The monoisotopic (exact) mass is 264 g/mol. The molecule has 0 radical (unpaired) electrons. The second kappa shape index (κ2) is 4.38. The van der Waals surface area contributed by atoms with Crippen molar-refractivity contribution in [2.45, 2.75) is 18.4 Å². The molecule has 1 N–H and O–H groups in total. The van der Waals surface area contributed by atoms with E-state index in [2.05, 4.69) is 0 Å². The van der Waals surface area contributed by atoms with Gasteiger partial charge in [0.2, 0.25) is 0 Å². The zero-order chi connectivity index (χ0) is 13.6. The lowest BCUT2D eigenvalue weighted by Gasteiger charge is -2.34. The first-order chi connectivity index (χ1) is 9.08. The van der Waals surface area contributed by atoms with Gasteiger partial charge in [-0.25, -0.2) is 13.2 Å². The van der Waals surface area contributed by atoms with Crippen LogP contribution in [0.3, 0.4) is 0 Å². The number of benzene rings is 2. The fraction of sp³-hybridized carbons (Fsp3) is 0.200. The summed E-state index contributed by atoms with van der Waals surface area (Å²) in [6, 6.07) is 8.71. The Morgan fingerprint density at radius 2 is 1.68 bits per heavy atom. The van der Waals surface area contributed by atoms with E-state index >= 15 is 0 Å². The van der Waals surface area contributed by atoms with Crippen LogP contribution in [0.4, 0.5) is 13.2 Å². The average Bonchev–Trinajstić information content (AvgIpc) is 2.35. The van der Waals surface area contributed by atoms with Gasteiger partial charge in [-0.2, -0.15) is 0 Å². The molecule has 1 aliphatic carbocycles. The standard InChI is InChI=1S/C15H11F3O/c16-12-7-14(18)13(17)6-11(12)15(19)10-5-8-3-1-2-4-9(8)10/h1-4,6-7,10,15,19H,5H2. The zero-order valence-electron chi connectivity index (χ0n) is 9.91. The molecule has 2 unspecified atom stereocenters. The summed E-state index contributed by atoms with van der Waals surface area (Å²) >= 11 is 0. The highest BCUT2D eigenvalue weighted by Crippen LogP contribution is 2.44. The van der Waals surface area contributed by atoms with Gasteiger partial charge in [0.1, 0.15) is 5.82 Å². The molecule has 2 aromatic rings. The van der Waals surface area contributed by atoms with Crippen LogP contribution in [0.5, 0.6) is 0 Å². The van der Waals surface area contributed by atoms with Crippen LogP contribution in [0.1, 0.15) is 28.7 Å². The third-order valence-corrected chi connectivity index (χ3v) is 3.63. The van der Waals surface area contributed by atoms with Crippen LogP contribution in [0.25, 0.3) is 0 Å². The third-order valence-electron chi connectivity index (χ3n) is 3.63. The van der Waals surface area contributed by atoms with Crippen LogP contribution in [-0.2, 0) is 6.42 Å². The molecule has 0 saturated carbocycles. The molecule has 0 spiro atoms. The molecule has 0 amide bonds. The Bertz CT molecular complexity index is 639. The van der Waals surface area contributed by atoms with Gasteiger partial charge in [-0.1, -0.05) is 24.3 Å². The van der Waals surface area contributed by atoms with Crippen molar-refractivity contribution in [3.63, 3.8) is 0 Å². The largest absolute Gasteiger partial charge is 0.388 e. The van der Waals surface area contributed by atoms with Crippen molar-refractivity contribution in [1.29, 1.82) is 0 Å². The van der Waals surface area contributed by atoms with E-state index in [4.69, 9.17) is 0 Å². The molecule has 0 bridgehead atoms. The van der Waals surface area contributed by atoms with E-state index in [-0.39, 0.29) is 11.5 Å². The van der Waals surface area contributed by atoms with E-state index in [0.29, 0.717) is 12.5 Å². The minimum absolute atomic E-state index is 0.196. The number of aliphatic hydroxyl groups excluding tert-OH is 1. The Hall–Kier alpha value is -1.81. The summed E-state index contributed by atoms with van der Waals surface area (Å²) in [4.78, 5) is 0. The molecule has 1 aliphatic rings. The maximum Gasteiger partial charge on any atom is 0.161 e. The Morgan fingerprint density at radius 3 is 2.42 bits per heavy atom. The minimum atomic E-state index is -1.25. The van der Waals surface area contributed by atoms with Crippen LogP contribution in [0.15, 0.2) is 36.4 Å². The molecule has 0 aliphatic heterocycles. The quantitative estimate of drug-likeness (QED) is 0.823. The number of fused-ring (bicyclic) bond motifs is 1. The molecule has 1 nitrogen and oxygen atoms in total. The fourth-order valence-corrected chi connectivity index (χ4v) is 2.56. The summed E-state index contributed by atoms with van der Waals surface area (Å²) in [5.74, 6) is -3.59. The minimum Gasteiger partial charge on any atom is -0.388 e. The lowest BCUT2D eigenvalue weighted by atomic mass is 9.73. The van der Waals surface area contributed by atoms with Crippen molar-refractivity contribution in [2.24, 2.45) is 0 Å². The van der Waals surface area contributed by atoms with Crippen molar-refractivity contribution in [2.75, 3.05) is 0 Å². The van der Waals surface area contributed by atoms with Gasteiger partial charge >= 0.3 is 0 Å². The van der Waals surface area contributed by atoms with Gasteiger partial charge in [-0.3, -0.25) is 0 Å². The van der Waals surface area contributed by atoms with E-state index in [1.165, 1.54) is 0 Å². The molecule has 3 rings (SSSR count). The van der Waals surface area contributed by atoms with Crippen molar-refractivity contribution >= 4 is 0 Å². The van der Waals surface area contributed by atoms with Gasteiger partial charge in [0.15, 0.2) is 11.6 Å². The molecule has 0 aromatic heterocycles. The Balaban J connectivity index is 1.94. The third kappa shape index (κ3) is 1.92. The van der Waals surface area contributed by atoms with E-state index < -0.39 is 23.6 Å². The smallest absolute Gasteiger partial charge is 0.161 e. The lowest BCUT2D eigenvalue weighted by Crippen LogP contribution is -2.24. The van der Waals surface area contributed by atoms with Gasteiger partial charge in [-0.05, 0) is 23.6 Å². The highest BCUT2D eigenvalue weighted by atomic mass is 19.2. The molecule has 0 saturated heterocycles. The summed E-state index contributed by atoms with van der Waals surface area (Å²) in [5, 5.41) is 10.2. The SMILES string of the molecule is OC(c1cc(F)c(F)cc1F)C1Cc2ccccc21. The van der Waals surface area contributed by atoms with Crippen LogP contribution in [0.2, 0.25) is 0 Å². The van der Waals surface area contributed by atoms with Crippen molar-refractivity contribution < 1.29 is 18.3 Å². The highest BCUT2D eigenvalue weighted by Gasteiger charge is 2.34. The van der Waals surface area contributed by atoms with Crippen molar-refractivity contribution in [3.05, 3.63) is 70.5 Å². The first-order valence-corrected chi connectivity index (χ1v) is 5.98. The summed E-state index contributed by atoms with van der Waals surface area (Å²) in [6.07, 6.45) is -0.555. The zero-order valence-corrected chi connectivity index (χ0v) is 9.91. The van der Waals surface area contributed by atoms with Crippen LogP contribution < -0.4 is 0 Å². The van der Waals surface area contributed by atoms with E-state index in [0.717, 1.165) is 17.2 Å². The van der Waals surface area contributed by atoms with Gasteiger partial charge in [0.25, 0.3) is 0 Å². The van der Waals surface area contributed by atoms with Gasteiger partial charge in [0, 0.05) is 17.5 Å². The topological polar surface area (TPSA) is 20.2 Å². The number of hydrogen-bond acceptors (Lipinski definition) is 1. The molecule has 98 valence electrons. The molecule has 2 atom stereocenters. The molecule has 19 heavy (non-hydrogen) atoms. The average molecular weight is 264 g/mol. The van der Waals surface area contributed by atoms with E-state index in [1.807, 2.05) is 24.3 Å². The number of aliphatic hydroxyl groups is 1. The van der Waals surface area contributed by atoms with Crippen LogP contribution >= 0.6 is 0 Å². The molecule has 0 fully saturated rings. The first-order valence-electron chi connectivity index (χ1n) is 5.98. The van der Waals surface area contributed by atoms with E-state index in [9.17, 15) is 18.3 Å². The van der Waals surface area contributed by atoms with E-state index in [1.54, 1.807) is 0 Å². The highest BCUT2D eigenvalue weighted by molar-refractivity contribution is 5.42. The summed E-state index contributed by atoms with van der Waals surface area (Å²) in [6.45, 7) is 0. The first kappa shape index (κ1) is 12.2. The molecule has 4 heteroatoms. The molecule has 2 aromatic carbocycles. The van der Waals surface area contributed by atoms with Crippen LogP contribution in [-0.4, -0.2) is 5.11 Å². The fourth-order valence-electron chi connectivity index (χ4n) is 2.56. The second-order valence-electron chi connectivity index (χ2n) is 4.74. The molecular weight excluding hydrogens is 253 g/mol. The Labute approximate surface area is 108 Å². The normalized spacial score (nSPS) is 18.6. The number of halogens is 3. The maximum atomic E-state index is 13.6. The maximum absolute atomic E-state index is 13.6. The van der Waals surface area contributed by atoms with Crippen molar-refractivity contribution in [3.8, 4) is 0 Å². The molecular formula is C15H11F3O. The van der Waals surface area contributed by atoms with Crippen molar-refractivity contribution in [1.82, 2.24) is 0 Å². The number of hydrogen-bond donors (Lipinski definition) is 1. The predicted octanol–water partition coefficient (Wildman–Crippen LogP) is 3.48. The van der Waals surface area contributed by atoms with Crippen LogP contribution in [0, 0.1) is 17.5 Å². The van der Waals surface area contributed by atoms with Gasteiger partial charge in [0.05, 0.1) is 6.10 Å². The number of rotatable bonds is 2. The Morgan fingerprint density at radius 1 is 1.00 bits per heavy atom. The molecule has 0 heterocycles. The summed E-state index contributed by atoms with van der Waals surface area (Å²) in [5.41, 5.74) is 1.83.